The molecule has 0 bridgehead atoms. The third kappa shape index (κ3) is 5.66. The molecule has 1 aromatic rings. The molecule has 140 valence electrons. The average Bonchev–Trinajstić information content (AvgIpc) is 2.59. The molecule has 0 amide bonds. The maximum absolute atomic E-state index is 12.0. The summed E-state index contributed by atoms with van der Waals surface area (Å²) in [5, 5.41) is 36.8. The van der Waals surface area contributed by atoms with Gasteiger partial charge in [-0.05, 0) is 30.2 Å². The first-order chi connectivity index (χ1) is 12.3. The molecule has 8 nitrogen and oxygen atoms in total. The Labute approximate surface area is 149 Å². The number of aliphatic carboxylic acids is 1. The van der Waals surface area contributed by atoms with E-state index in [-0.39, 0.29) is 30.1 Å². The third-order valence-corrected chi connectivity index (χ3v) is 3.70. The summed E-state index contributed by atoms with van der Waals surface area (Å²) >= 11 is 0. The highest BCUT2D eigenvalue weighted by atomic mass is 16.5. The van der Waals surface area contributed by atoms with Gasteiger partial charge in [-0.15, -0.1) is 0 Å². The number of carbonyl (C=O) groups is 3. The number of ether oxygens (including phenoxy) is 1. The van der Waals surface area contributed by atoms with Crippen LogP contribution in [0.3, 0.4) is 0 Å². The van der Waals surface area contributed by atoms with Crippen LogP contribution >= 0.6 is 0 Å². The van der Waals surface area contributed by atoms with Gasteiger partial charge in [0.2, 0.25) is 0 Å². The van der Waals surface area contributed by atoms with E-state index in [2.05, 4.69) is 0 Å². The lowest BCUT2D eigenvalue weighted by molar-refractivity contribution is -0.144. The first kappa shape index (κ1) is 20.8. The minimum atomic E-state index is -1.45. The lowest BCUT2D eigenvalue weighted by Gasteiger charge is -2.16. The number of aldehydes is 1. The topological polar surface area (TPSA) is 141 Å². The molecule has 1 unspecified atom stereocenters. The van der Waals surface area contributed by atoms with Gasteiger partial charge >= 0.3 is 11.9 Å². The van der Waals surface area contributed by atoms with Crippen LogP contribution in [0.2, 0.25) is 0 Å². The Morgan fingerprint density at radius 1 is 1.23 bits per heavy atom. The zero-order chi connectivity index (χ0) is 19.7. The van der Waals surface area contributed by atoms with E-state index < -0.39 is 29.9 Å². The van der Waals surface area contributed by atoms with Crippen molar-refractivity contribution < 1.29 is 39.5 Å². The van der Waals surface area contributed by atoms with E-state index >= 15 is 0 Å². The van der Waals surface area contributed by atoms with E-state index in [0.29, 0.717) is 18.1 Å². The number of hydrogen-bond acceptors (Lipinski definition) is 7. The number of allylic oxidation sites excluding steroid dienone is 2. The third-order valence-electron chi connectivity index (χ3n) is 3.70. The van der Waals surface area contributed by atoms with Crippen molar-refractivity contribution in [2.24, 2.45) is 5.92 Å². The predicted molar refractivity (Wildman–Crippen MR) is 90.7 cm³/mol. The fraction of sp³-hybridized carbons (Fsp3) is 0.278. The van der Waals surface area contributed by atoms with Gasteiger partial charge in [-0.2, -0.15) is 0 Å². The molecule has 8 heteroatoms. The molecule has 0 spiro atoms. The molecule has 0 fully saturated rings. The first-order valence-electron chi connectivity index (χ1n) is 7.69. The molecule has 0 saturated heterocycles. The number of aliphatic hydroxyl groups is 1. The Balaban J connectivity index is 2.73. The molecular formula is C18H20O8. The van der Waals surface area contributed by atoms with Crippen LogP contribution < -0.4 is 0 Å². The molecule has 1 aromatic carbocycles. The number of carboxylic acids is 1. The maximum atomic E-state index is 12.0. The Kier molecular flexibility index (Phi) is 7.88. The second kappa shape index (κ2) is 9.87. The number of phenolic OH excluding ortho intramolecular Hbond substituents is 2. The summed E-state index contributed by atoms with van der Waals surface area (Å²) in [7, 11) is 0. The van der Waals surface area contributed by atoms with E-state index in [1.807, 2.05) is 0 Å². The van der Waals surface area contributed by atoms with Crippen molar-refractivity contribution in [1.29, 1.82) is 0 Å². The summed E-state index contributed by atoms with van der Waals surface area (Å²) in [5.74, 6) is -3.90. The standard InChI is InChI=1S/C18H20O8/c1-2-12(9-19)13(14(10-20)18(24)25)8-17(23)26-6-5-11-3-4-15(21)16(22)7-11/h2-4,7,9-10,13,20-22H,5-6,8H2,1H3,(H,24,25). The van der Waals surface area contributed by atoms with Gasteiger partial charge in [0.1, 0.15) is 6.29 Å². The normalized spacial score (nSPS) is 13.1. The highest BCUT2D eigenvalue weighted by Gasteiger charge is 2.27. The van der Waals surface area contributed by atoms with Gasteiger partial charge < -0.3 is 25.2 Å². The Bertz CT molecular complexity index is 733. The van der Waals surface area contributed by atoms with E-state index in [4.69, 9.17) is 14.9 Å². The van der Waals surface area contributed by atoms with Crippen molar-refractivity contribution in [2.45, 2.75) is 19.8 Å². The van der Waals surface area contributed by atoms with Crippen LogP contribution in [0.4, 0.5) is 0 Å². The van der Waals surface area contributed by atoms with E-state index in [0.717, 1.165) is 0 Å². The summed E-state index contributed by atoms with van der Waals surface area (Å²) in [6.07, 6.45) is 1.96. The van der Waals surface area contributed by atoms with Crippen LogP contribution in [-0.2, 0) is 25.5 Å². The van der Waals surface area contributed by atoms with Crippen molar-refractivity contribution in [2.75, 3.05) is 6.61 Å². The van der Waals surface area contributed by atoms with Gasteiger partial charge in [0.25, 0.3) is 0 Å². The van der Waals surface area contributed by atoms with Gasteiger partial charge in [-0.3, -0.25) is 9.59 Å². The smallest absolute Gasteiger partial charge is 0.335 e. The van der Waals surface area contributed by atoms with Crippen molar-refractivity contribution in [3.63, 3.8) is 0 Å². The fourth-order valence-corrected chi connectivity index (χ4v) is 2.29. The lowest BCUT2D eigenvalue weighted by atomic mass is 9.89. The number of esters is 1. The highest BCUT2D eigenvalue weighted by Crippen LogP contribution is 2.26. The number of carbonyl (C=O) groups excluding carboxylic acids is 2. The van der Waals surface area contributed by atoms with Crippen LogP contribution in [0.25, 0.3) is 0 Å². The number of phenols is 2. The molecule has 0 heterocycles. The van der Waals surface area contributed by atoms with E-state index in [1.54, 1.807) is 6.07 Å². The second-order valence-electron chi connectivity index (χ2n) is 5.35. The molecule has 0 aliphatic heterocycles. The molecule has 0 radical (unpaired) electrons. The summed E-state index contributed by atoms with van der Waals surface area (Å²) in [4.78, 5) is 34.3. The largest absolute Gasteiger partial charge is 0.515 e. The van der Waals surface area contributed by atoms with Crippen LogP contribution in [0.1, 0.15) is 18.9 Å². The van der Waals surface area contributed by atoms with Crippen molar-refractivity contribution >= 4 is 18.2 Å². The molecule has 0 aliphatic rings. The minimum Gasteiger partial charge on any atom is -0.515 e. The average molecular weight is 364 g/mol. The number of benzene rings is 1. The lowest BCUT2D eigenvalue weighted by Crippen LogP contribution is -2.21. The predicted octanol–water partition coefficient (Wildman–Crippen LogP) is 1.86. The summed E-state index contributed by atoms with van der Waals surface area (Å²) in [5.41, 5.74) is 0.159. The van der Waals surface area contributed by atoms with E-state index in [1.165, 1.54) is 25.1 Å². The number of rotatable bonds is 9. The summed E-state index contributed by atoms with van der Waals surface area (Å²) in [6.45, 7) is 1.46. The number of aliphatic hydroxyl groups excluding tert-OH is 1. The zero-order valence-corrected chi connectivity index (χ0v) is 14.1. The molecular weight excluding hydrogens is 344 g/mol. The molecule has 1 rings (SSSR count). The van der Waals surface area contributed by atoms with Crippen LogP contribution in [0.5, 0.6) is 11.5 Å². The Morgan fingerprint density at radius 2 is 1.92 bits per heavy atom. The summed E-state index contributed by atoms with van der Waals surface area (Å²) < 4.78 is 5.03. The zero-order valence-electron chi connectivity index (χ0n) is 14.1. The van der Waals surface area contributed by atoms with Crippen LogP contribution in [-0.4, -0.2) is 45.3 Å². The first-order valence-corrected chi connectivity index (χ1v) is 7.69. The van der Waals surface area contributed by atoms with Crippen molar-refractivity contribution in [3.8, 4) is 11.5 Å². The molecule has 0 aliphatic carbocycles. The monoisotopic (exact) mass is 364 g/mol. The molecule has 1 atom stereocenters. The van der Waals surface area contributed by atoms with Crippen LogP contribution in [0, 0.1) is 5.92 Å². The molecule has 4 N–H and O–H groups in total. The van der Waals surface area contributed by atoms with Crippen LogP contribution in [0.15, 0.2) is 41.7 Å². The van der Waals surface area contributed by atoms with Crippen molar-refractivity contribution in [1.82, 2.24) is 0 Å². The maximum Gasteiger partial charge on any atom is 0.335 e. The Hall–Kier alpha value is -3.29. The van der Waals surface area contributed by atoms with Gasteiger partial charge in [0.15, 0.2) is 11.5 Å². The molecule has 0 saturated carbocycles. The van der Waals surface area contributed by atoms with E-state index in [9.17, 15) is 24.6 Å². The number of aromatic hydroxyl groups is 2. The second-order valence-corrected chi connectivity index (χ2v) is 5.35. The highest BCUT2D eigenvalue weighted by molar-refractivity contribution is 5.91. The SMILES string of the molecule is CC=C(C=O)C(CC(=O)OCCc1ccc(O)c(O)c1)C(=CO)C(=O)O. The summed E-state index contributed by atoms with van der Waals surface area (Å²) in [6, 6.07) is 4.18. The van der Waals surface area contributed by atoms with Crippen molar-refractivity contribution in [3.05, 3.63) is 47.2 Å². The van der Waals surface area contributed by atoms with Gasteiger partial charge in [0.05, 0.1) is 24.9 Å². The number of hydrogen-bond donors (Lipinski definition) is 4. The fourth-order valence-electron chi connectivity index (χ4n) is 2.29. The number of carboxylic acid groups (broad SMARTS) is 1. The molecule has 0 aromatic heterocycles. The molecule has 26 heavy (non-hydrogen) atoms. The minimum absolute atomic E-state index is 0.0353. The Morgan fingerprint density at radius 3 is 2.42 bits per heavy atom. The van der Waals surface area contributed by atoms with Gasteiger partial charge in [-0.1, -0.05) is 12.1 Å². The quantitative estimate of drug-likeness (QED) is 0.171. The van der Waals surface area contributed by atoms with Gasteiger partial charge in [0, 0.05) is 12.3 Å². The van der Waals surface area contributed by atoms with Gasteiger partial charge in [-0.25, -0.2) is 4.79 Å².